The van der Waals surface area contributed by atoms with Gasteiger partial charge in [-0.1, -0.05) is 11.8 Å². The fourth-order valence-corrected chi connectivity index (χ4v) is 0.889. The van der Waals surface area contributed by atoms with Crippen molar-refractivity contribution in [2.24, 2.45) is 0 Å². The highest BCUT2D eigenvalue weighted by Gasteiger charge is 2.31. The molecular weight excluding hydrogens is 168 g/mol. The summed E-state index contributed by atoms with van der Waals surface area (Å²) >= 11 is 0.448. The summed E-state index contributed by atoms with van der Waals surface area (Å²) in [7, 11) is 0. The van der Waals surface area contributed by atoms with Gasteiger partial charge < -0.3 is 5.11 Å². The van der Waals surface area contributed by atoms with Gasteiger partial charge in [0.05, 0.1) is 0 Å². The van der Waals surface area contributed by atoms with Gasteiger partial charge in [0, 0.05) is 0 Å². The molecule has 0 aliphatic rings. The highest BCUT2D eigenvalue weighted by atomic mass is 32.2. The lowest BCUT2D eigenvalue weighted by Gasteiger charge is -2.14. The van der Waals surface area contributed by atoms with E-state index in [2.05, 4.69) is 0 Å². The Morgan fingerprint density at radius 3 is 2.18 bits per heavy atom. The molecule has 0 saturated carbocycles. The van der Waals surface area contributed by atoms with Crippen LogP contribution in [-0.2, 0) is 14.4 Å². The summed E-state index contributed by atoms with van der Waals surface area (Å²) < 4.78 is -1.26. The van der Waals surface area contributed by atoms with E-state index in [0.29, 0.717) is 11.8 Å². The van der Waals surface area contributed by atoms with Crippen LogP contribution in [0.1, 0.15) is 13.8 Å². The molecule has 0 aromatic carbocycles. The fraction of sp³-hybridized carbons (Fsp3) is 0.500. The van der Waals surface area contributed by atoms with Crippen molar-refractivity contribution in [3.63, 3.8) is 0 Å². The van der Waals surface area contributed by atoms with E-state index in [4.69, 9.17) is 5.11 Å². The van der Waals surface area contributed by atoms with Crippen molar-refractivity contribution < 1.29 is 19.5 Å². The summed E-state index contributed by atoms with van der Waals surface area (Å²) in [5.74, 6) is -1.13. The van der Waals surface area contributed by atoms with Gasteiger partial charge in [-0.2, -0.15) is 0 Å². The molecule has 0 unspecified atom stereocenters. The van der Waals surface area contributed by atoms with Gasteiger partial charge in [-0.3, -0.25) is 14.4 Å². The van der Waals surface area contributed by atoms with E-state index < -0.39 is 15.8 Å². The summed E-state index contributed by atoms with van der Waals surface area (Å²) in [4.78, 5) is 30.5. The molecule has 0 saturated heterocycles. The topological polar surface area (TPSA) is 71.4 Å². The Morgan fingerprint density at radius 2 is 1.91 bits per heavy atom. The number of carboxylic acids is 1. The first-order valence-electron chi connectivity index (χ1n) is 2.74. The average Bonchev–Trinajstić information content (AvgIpc) is 1.86. The Morgan fingerprint density at radius 1 is 1.45 bits per heavy atom. The van der Waals surface area contributed by atoms with Gasteiger partial charge in [-0.25, -0.2) is 0 Å². The second-order valence-electron chi connectivity index (χ2n) is 2.31. The smallest absolute Gasteiger partial charge is 0.319 e. The molecule has 0 aromatic heterocycles. The molecule has 61 valence electrons. The highest BCUT2D eigenvalue weighted by Crippen LogP contribution is 2.24. The molecule has 0 aromatic rings. The SMILES string of the molecule is CC(C)(SC(=O)[C]=O)C(=O)O. The predicted molar refractivity (Wildman–Crippen MR) is 40.0 cm³/mol. The molecule has 5 heteroatoms. The third-order valence-electron chi connectivity index (χ3n) is 0.946. The van der Waals surface area contributed by atoms with Crippen molar-refractivity contribution in [1.82, 2.24) is 0 Å². The van der Waals surface area contributed by atoms with Gasteiger partial charge in [-0.15, -0.1) is 0 Å². The van der Waals surface area contributed by atoms with E-state index in [1.165, 1.54) is 13.8 Å². The zero-order chi connectivity index (χ0) is 9.07. The first kappa shape index (κ1) is 10.2. The van der Waals surface area contributed by atoms with Crippen molar-refractivity contribution in [2.45, 2.75) is 18.6 Å². The van der Waals surface area contributed by atoms with Crippen molar-refractivity contribution in [1.29, 1.82) is 0 Å². The molecular formula is C6H7O4S. The van der Waals surface area contributed by atoms with Gasteiger partial charge in [0.25, 0.3) is 11.4 Å². The number of thioether (sulfide) groups is 1. The van der Waals surface area contributed by atoms with Crippen LogP contribution in [0.5, 0.6) is 0 Å². The number of carbonyl (C=O) groups excluding carboxylic acids is 2. The van der Waals surface area contributed by atoms with Gasteiger partial charge in [-0.05, 0) is 13.8 Å². The largest absolute Gasteiger partial charge is 0.480 e. The number of carbonyl (C=O) groups is 2. The Hall–Kier alpha value is -0.840. The van der Waals surface area contributed by atoms with Crippen molar-refractivity contribution in [2.75, 3.05) is 0 Å². The predicted octanol–water partition coefficient (Wildman–Crippen LogP) is 0.219. The maximum Gasteiger partial charge on any atom is 0.319 e. The number of rotatable bonds is 3. The van der Waals surface area contributed by atoms with Gasteiger partial charge >= 0.3 is 5.97 Å². The van der Waals surface area contributed by atoms with Crippen LogP contribution in [0.2, 0.25) is 0 Å². The van der Waals surface area contributed by atoms with E-state index in [0.717, 1.165) is 6.29 Å². The Bertz CT molecular complexity index is 197. The van der Waals surface area contributed by atoms with Crippen LogP contribution in [0.4, 0.5) is 0 Å². The van der Waals surface area contributed by atoms with Crippen LogP contribution in [0.15, 0.2) is 0 Å². The molecule has 0 heterocycles. The third-order valence-corrected chi connectivity index (χ3v) is 1.90. The molecule has 0 spiro atoms. The molecule has 0 rings (SSSR count). The number of hydrogen-bond donors (Lipinski definition) is 1. The molecule has 0 fully saturated rings. The molecule has 0 aliphatic carbocycles. The molecule has 0 bridgehead atoms. The summed E-state index contributed by atoms with van der Waals surface area (Å²) in [5.41, 5.74) is 0. The average molecular weight is 175 g/mol. The van der Waals surface area contributed by atoms with E-state index in [9.17, 15) is 14.4 Å². The summed E-state index contributed by atoms with van der Waals surface area (Å²) in [6.45, 7) is 2.68. The van der Waals surface area contributed by atoms with Crippen LogP contribution >= 0.6 is 11.8 Å². The first-order chi connectivity index (χ1) is 4.90. The van der Waals surface area contributed by atoms with E-state index in [1.807, 2.05) is 0 Å². The Balaban J connectivity index is 4.23. The molecule has 0 aliphatic heterocycles. The Kier molecular flexibility index (Phi) is 3.25. The second-order valence-corrected chi connectivity index (χ2v) is 3.90. The zero-order valence-electron chi connectivity index (χ0n) is 6.08. The van der Waals surface area contributed by atoms with Gasteiger partial charge in [0.15, 0.2) is 0 Å². The summed E-state index contributed by atoms with van der Waals surface area (Å²) in [6, 6.07) is 0. The van der Waals surface area contributed by atoms with Crippen LogP contribution < -0.4 is 0 Å². The Labute approximate surface area is 68.0 Å². The normalized spacial score (nSPS) is 10.7. The molecule has 11 heavy (non-hydrogen) atoms. The lowest BCUT2D eigenvalue weighted by Crippen LogP contribution is -2.29. The van der Waals surface area contributed by atoms with Crippen molar-refractivity contribution in [3.05, 3.63) is 0 Å². The second kappa shape index (κ2) is 3.52. The molecule has 1 radical (unpaired) electrons. The van der Waals surface area contributed by atoms with E-state index in [1.54, 1.807) is 0 Å². The number of carboxylic acid groups (broad SMARTS) is 1. The van der Waals surface area contributed by atoms with Gasteiger partial charge in [0.1, 0.15) is 4.75 Å². The molecule has 1 N–H and O–H groups in total. The van der Waals surface area contributed by atoms with Gasteiger partial charge in [0.2, 0.25) is 0 Å². The van der Waals surface area contributed by atoms with E-state index in [-0.39, 0.29) is 0 Å². The zero-order valence-corrected chi connectivity index (χ0v) is 6.90. The van der Waals surface area contributed by atoms with Crippen molar-refractivity contribution in [3.8, 4) is 0 Å². The highest BCUT2D eigenvalue weighted by molar-refractivity contribution is 8.16. The molecule has 0 amide bonds. The molecule has 4 nitrogen and oxygen atoms in total. The third kappa shape index (κ3) is 3.18. The lowest BCUT2D eigenvalue weighted by atomic mass is 10.2. The van der Waals surface area contributed by atoms with Crippen LogP contribution in [0.25, 0.3) is 0 Å². The minimum Gasteiger partial charge on any atom is -0.480 e. The van der Waals surface area contributed by atoms with Crippen LogP contribution in [-0.4, -0.2) is 27.2 Å². The first-order valence-corrected chi connectivity index (χ1v) is 3.56. The lowest BCUT2D eigenvalue weighted by molar-refractivity contribution is -0.139. The van der Waals surface area contributed by atoms with Crippen LogP contribution in [0, 0.1) is 0 Å². The summed E-state index contributed by atoms with van der Waals surface area (Å²) in [5, 5.41) is 7.59. The minimum atomic E-state index is -1.26. The maximum absolute atomic E-state index is 10.4. The number of hydrogen-bond acceptors (Lipinski definition) is 4. The summed E-state index contributed by atoms with van der Waals surface area (Å²) in [6.07, 6.45) is 1.09. The van der Waals surface area contributed by atoms with E-state index >= 15 is 0 Å². The maximum atomic E-state index is 10.4. The number of aliphatic carboxylic acids is 1. The monoisotopic (exact) mass is 175 g/mol. The van der Waals surface area contributed by atoms with Crippen molar-refractivity contribution >= 4 is 29.1 Å². The minimum absolute atomic E-state index is 0.448. The quantitative estimate of drug-likeness (QED) is 0.621. The molecule has 0 atom stereocenters. The van der Waals surface area contributed by atoms with Crippen LogP contribution in [0.3, 0.4) is 0 Å². The standard InChI is InChI=1S/C6H7O4S/c1-6(2,5(9)10)11-4(8)3-7/h1-2H3,(H,9,10). The fourth-order valence-electron chi connectivity index (χ4n) is 0.296.